The predicted molar refractivity (Wildman–Crippen MR) is 118 cm³/mol. The molecule has 5 rings (SSSR count). The van der Waals surface area contributed by atoms with Crippen LogP contribution in [0.25, 0.3) is 10.9 Å². The van der Waals surface area contributed by atoms with Crippen LogP contribution in [0.4, 0.5) is 0 Å². The van der Waals surface area contributed by atoms with Gasteiger partial charge in [-0.15, -0.1) is 11.3 Å². The molecule has 30 heavy (non-hydrogen) atoms. The molecular weight excluding hydrogens is 396 g/mol. The lowest BCUT2D eigenvalue weighted by Crippen LogP contribution is -2.28. The standard InChI is InChI=1S/C23H22N4O2S/c1-15-24-11-12-27(15)14-16-9-10-19-21(17-6-3-4-7-18(17)26(19)2)22(16)25-29-23(28)20-8-5-13-30-20/h3-8,11-13,16H,9-10,14H2,1-2H3. The number of nitrogens with zero attached hydrogens (tertiary/aromatic N) is 4. The molecule has 1 unspecified atom stereocenters. The molecule has 0 saturated heterocycles. The summed E-state index contributed by atoms with van der Waals surface area (Å²) in [7, 11) is 2.09. The van der Waals surface area contributed by atoms with E-state index in [1.165, 1.54) is 22.5 Å². The van der Waals surface area contributed by atoms with Crippen molar-refractivity contribution in [1.29, 1.82) is 0 Å². The number of carbonyl (C=O) groups excluding carboxylic acids is 1. The number of benzene rings is 1. The van der Waals surface area contributed by atoms with Gasteiger partial charge in [0.25, 0.3) is 0 Å². The van der Waals surface area contributed by atoms with Crippen LogP contribution in [0.1, 0.15) is 33.2 Å². The number of aromatic nitrogens is 3. The molecule has 0 fully saturated rings. The van der Waals surface area contributed by atoms with Crippen LogP contribution in [0, 0.1) is 12.8 Å². The fourth-order valence-corrected chi connectivity index (χ4v) is 4.93. The molecule has 3 aromatic heterocycles. The highest BCUT2D eigenvalue weighted by molar-refractivity contribution is 7.11. The van der Waals surface area contributed by atoms with E-state index in [1.54, 1.807) is 6.07 Å². The second-order valence-corrected chi connectivity index (χ2v) is 8.54. The van der Waals surface area contributed by atoms with E-state index >= 15 is 0 Å². The zero-order chi connectivity index (χ0) is 20.7. The van der Waals surface area contributed by atoms with Gasteiger partial charge in [0.15, 0.2) is 0 Å². The van der Waals surface area contributed by atoms with E-state index in [1.807, 2.05) is 42.9 Å². The molecule has 1 atom stereocenters. The number of fused-ring (bicyclic) bond motifs is 3. The minimum atomic E-state index is -0.414. The molecule has 1 aliphatic rings. The Morgan fingerprint density at radius 1 is 1.30 bits per heavy atom. The molecule has 0 amide bonds. The molecule has 0 bridgehead atoms. The first-order valence-corrected chi connectivity index (χ1v) is 10.9. The van der Waals surface area contributed by atoms with Crippen LogP contribution in [0.15, 0.2) is 59.3 Å². The molecule has 3 heterocycles. The molecule has 152 valence electrons. The Morgan fingerprint density at radius 3 is 2.93 bits per heavy atom. The average Bonchev–Trinajstić information content (AvgIpc) is 3.49. The lowest BCUT2D eigenvalue weighted by Gasteiger charge is -2.25. The normalized spacial score (nSPS) is 17.4. The SMILES string of the molecule is Cc1nccn1CC1CCc2c(c3ccccc3n2C)C1=NOC(=O)c1cccs1. The Bertz CT molecular complexity index is 1250. The third kappa shape index (κ3) is 3.15. The Morgan fingerprint density at radius 2 is 2.17 bits per heavy atom. The molecule has 7 heteroatoms. The van der Waals surface area contributed by atoms with E-state index in [0.717, 1.165) is 41.9 Å². The monoisotopic (exact) mass is 418 g/mol. The van der Waals surface area contributed by atoms with Gasteiger partial charge in [0.1, 0.15) is 10.7 Å². The van der Waals surface area contributed by atoms with Crippen LogP contribution in [0.5, 0.6) is 0 Å². The maximum absolute atomic E-state index is 12.5. The van der Waals surface area contributed by atoms with Crippen molar-refractivity contribution in [3.63, 3.8) is 0 Å². The summed E-state index contributed by atoms with van der Waals surface area (Å²) in [5.41, 5.74) is 4.34. The highest BCUT2D eigenvalue weighted by Gasteiger charge is 2.32. The maximum atomic E-state index is 12.5. The van der Waals surface area contributed by atoms with Crippen molar-refractivity contribution in [2.24, 2.45) is 18.1 Å². The number of carbonyl (C=O) groups is 1. The van der Waals surface area contributed by atoms with Gasteiger partial charge in [-0.1, -0.05) is 29.4 Å². The quantitative estimate of drug-likeness (QED) is 0.360. The van der Waals surface area contributed by atoms with Crippen molar-refractivity contribution in [3.8, 4) is 0 Å². The van der Waals surface area contributed by atoms with Gasteiger partial charge < -0.3 is 14.0 Å². The number of para-hydroxylation sites is 1. The fourth-order valence-electron chi connectivity index (χ4n) is 4.34. The molecular formula is C23H22N4O2S. The molecule has 0 N–H and O–H groups in total. The van der Waals surface area contributed by atoms with Crippen LogP contribution in [-0.2, 0) is 24.9 Å². The fraction of sp³-hybridized carbons (Fsp3) is 0.261. The van der Waals surface area contributed by atoms with Gasteiger partial charge in [0.05, 0.1) is 5.71 Å². The van der Waals surface area contributed by atoms with E-state index in [-0.39, 0.29) is 5.92 Å². The second-order valence-electron chi connectivity index (χ2n) is 7.59. The van der Waals surface area contributed by atoms with Crippen molar-refractivity contribution in [2.75, 3.05) is 0 Å². The first-order valence-electron chi connectivity index (χ1n) is 10.0. The first kappa shape index (κ1) is 18.8. The molecule has 1 aliphatic carbocycles. The molecule has 0 aliphatic heterocycles. The number of rotatable bonds is 4. The molecule has 4 aromatic rings. The number of aryl methyl sites for hydroxylation is 2. The van der Waals surface area contributed by atoms with Gasteiger partial charge in [-0.3, -0.25) is 0 Å². The van der Waals surface area contributed by atoms with Gasteiger partial charge in [-0.25, -0.2) is 9.78 Å². The van der Waals surface area contributed by atoms with Crippen molar-refractivity contribution < 1.29 is 9.63 Å². The van der Waals surface area contributed by atoms with Gasteiger partial charge in [0.2, 0.25) is 0 Å². The lowest BCUT2D eigenvalue weighted by molar-refractivity contribution is 0.0519. The van der Waals surface area contributed by atoms with Gasteiger partial charge >= 0.3 is 5.97 Å². The summed E-state index contributed by atoms with van der Waals surface area (Å²) in [5, 5.41) is 7.47. The van der Waals surface area contributed by atoms with Crippen LogP contribution < -0.4 is 0 Å². The molecule has 0 saturated carbocycles. The van der Waals surface area contributed by atoms with E-state index in [4.69, 9.17) is 4.84 Å². The Balaban J connectivity index is 1.59. The smallest absolute Gasteiger partial charge is 0.347 e. The average molecular weight is 419 g/mol. The number of hydrogen-bond acceptors (Lipinski definition) is 5. The third-order valence-corrected chi connectivity index (χ3v) is 6.74. The second kappa shape index (κ2) is 7.57. The Kier molecular flexibility index (Phi) is 4.75. The lowest BCUT2D eigenvalue weighted by atomic mass is 9.84. The topological polar surface area (TPSA) is 61.4 Å². The molecule has 0 radical (unpaired) electrons. The van der Waals surface area contributed by atoms with Crippen molar-refractivity contribution in [3.05, 3.63) is 76.1 Å². The zero-order valence-corrected chi connectivity index (χ0v) is 17.7. The van der Waals surface area contributed by atoms with Crippen LogP contribution >= 0.6 is 11.3 Å². The number of imidazole rings is 1. The molecule has 0 spiro atoms. The largest absolute Gasteiger partial charge is 0.375 e. The summed E-state index contributed by atoms with van der Waals surface area (Å²) >= 11 is 1.36. The highest BCUT2D eigenvalue weighted by atomic mass is 32.1. The summed E-state index contributed by atoms with van der Waals surface area (Å²) in [4.78, 5) is 22.8. The molecule has 6 nitrogen and oxygen atoms in total. The number of hydrogen-bond donors (Lipinski definition) is 0. The maximum Gasteiger partial charge on any atom is 0.375 e. The summed E-state index contributed by atoms with van der Waals surface area (Å²) in [5.74, 6) is 0.684. The van der Waals surface area contributed by atoms with Crippen molar-refractivity contribution in [2.45, 2.75) is 26.3 Å². The highest BCUT2D eigenvalue weighted by Crippen LogP contribution is 2.35. The van der Waals surface area contributed by atoms with Crippen LogP contribution in [0.3, 0.4) is 0 Å². The van der Waals surface area contributed by atoms with E-state index in [0.29, 0.717) is 4.88 Å². The first-order chi connectivity index (χ1) is 14.6. The van der Waals surface area contributed by atoms with E-state index in [9.17, 15) is 4.79 Å². The van der Waals surface area contributed by atoms with Gasteiger partial charge in [0, 0.05) is 54.1 Å². The Hall–Kier alpha value is -3.19. The zero-order valence-electron chi connectivity index (χ0n) is 16.9. The third-order valence-electron chi connectivity index (χ3n) is 5.89. The van der Waals surface area contributed by atoms with Crippen molar-refractivity contribution in [1.82, 2.24) is 14.1 Å². The minimum Gasteiger partial charge on any atom is -0.347 e. The van der Waals surface area contributed by atoms with Gasteiger partial charge in [-0.2, -0.15) is 0 Å². The summed E-state index contributed by atoms with van der Waals surface area (Å²) in [6.45, 7) is 2.75. The number of oxime groups is 1. The van der Waals surface area contributed by atoms with Crippen molar-refractivity contribution >= 4 is 33.9 Å². The predicted octanol–water partition coefficient (Wildman–Crippen LogP) is 4.57. The summed E-state index contributed by atoms with van der Waals surface area (Å²) < 4.78 is 4.37. The summed E-state index contributed by atoms with van der Waals surface area (Å²) in [6, 6.07) is 11.9. The Labute approximate surface area is 178 Å². The summed E-state index contributed by atoms with van der Waals surface area (Å²) in [6.07, 6.45) is 5.69. The van der Waals surface area contributed by atoms with E-state index < -0.39 is 5.97 Å². The van der Waals surface area contributed by atoms with Crippen LogP contribution in [0.2, 0.25) is 0 Å². The minimum absolute atomic E-state index is 0.132. The van der Waals surface area contributed by atoms with Crippen LogP contribution in [-0.4, -0.2) is 25.8 Å². The van der Waals surface area contributed by atoms with Gasteiger partial charge in [-0.05, 0) is 37.3 Å². The molecule has 1 aromatic carbocycles. The number of thiophene rings is 1. The van der Waals surface area contributed by atoms with E-state index in [2.05, 4.69) is 38.5 Å².